The molecule has 1 aliphatic rings. The first-order valence-electron chi connectivity index (χ1n) is 5.90. The highest BCUT2D eigenvalue weighted by Crippen LogP contribution is 2.26. The van der Waals surface area contributed by atoms with Crippen LogP contribution in [0.4, 0.5) is 4.39 Å². The van der Waals surface area contributed by atoms with E-state index in [4.69, 9.17) is 22.1 Å². The first kappa shape index (κ1) is 12.8. The van der Waals surface area contributed by atoms with Gasteiger partial charge < -0.3 is 10.5 Å². The quantitative estimate of drug-likeness (QED) is 0.884. The summed E-state index contributed by atoms with van der Waals surface area (Å²) < 4.78 is 19.2. The molecule has 2 N–H and O–H groups in total. The van der Waals surface area contributed by atoms with Crippen molar-refractivity contribution in [3.8, 4) is 0 Å². The molecule has 4 heteroatoms. The molecule has 1 aromatic carbocycles. The smallest absolute Gasteiger partial charge is 0.145 e. The Bertz CT molecular complexity index is 389. The SMILES string of the molecule is NC1(Cc2cccc(Cl)c2F)CCCOCC1. The highest BCUT2D eigenvalue weighted by atomic mass is 35.5. The zero-order chi connectivity index (χ0) is 12.3. The summed E-state index contributed by atoms with van der Waals surface area (Å²) in [7, 11) is 0. The van der Waals surface area contributed by atoms with Crippen LogP contribution in [0.1, 0.15) is 24.8 Å². The fourth-order valence-electron chi connectivity index (χ4n) is 2.27. The number of halogens is 2. The van der Waals surface area contributed by atoms with Crippen LogP contribution in [0.5, 0.6) is 0 Å². The standard InChI is InChI=1S/C13H17ClFNO/c14-11-4-1-3-10(12(11)15)9-13(16)5-2-7-17-8-6-13/h1,3-4H,2,5-9,16H2. The van der Waals surface area contributed by atoms with Crippen LogP contribution in [0, 0.1) is 5.82 Å². The van der Waals surface area contributed by atoms with Crippen molar-refractivity contribution in [2.75, 3.05) is 13.2 Å². The van der Waals surface area contributed by atoms with Gasteiger partial charge in [-0.05, 0) is 37.3 Å². The highest BCUT2D eigenvalue weighted by molar-refractivity contribution is 6.30. The van der Waals surface area contributed by atoms with E-state index in [0.29, 0.717) is 18.6 Å². The second-order valence-electron chi connectivity index (χ2n) is 4.72. The summed E-state index contributed by atoms with van der Waals surface area (Å²) in [5.41, 5.74) is 6.55. The van der Waals surface area contributed by atoms with E-state index in [1.54, 1.807) is 18.2 Å². The second kappa shape index (κ2) is 5.34. The van der Waals surface area contributed by atoms with Gasteiger partial charge in [0, 0.05) is 18.8 Å². The van der Waals surface area contributed by atoms with E-state index >= 15 is 0 Å². The second-order valence-corrected chi connectivity index (χ2v) is 5.13. The van der Waals surface area contributed by atoms with Crippen molar-refractivity contribution in [1.82, 2.24) is 0 Å². The van der Waals surface area contributed by atoms with Gasteiger partial charge in [-0.3, -0.25) is 0 Å². The summed E-state index contributed by atoms with van der Waals surface area (Å²) >= 11 is 5.77. The van der Waals surface area contributed by atoms with Crippen LogP contribution in [0.2, 0.25) is 5.02 Å². The first-order valence-corrected chi connectivity index (χ1v) is 6.28. The molecule has 1 aliphatic heterocycles. The Balaban J connectivity index is 2.15. The fraction of sp³-hybridized carbons (Fsp3) is 0.538. The molecule has 1 saturated heterocycles. The lowest BCUT2D eigenvalue weighted by Gasteiger charge is -2.27. The van der Waals surface area contributed by atoms with E-state index in [9.17, 15) is 4.39 Å². The Morgan fingerprint density at radius 2 is 2.18 bits per heavy atom. The zero-order valence-electron chi connectivity index (χ0n) is 9.72. The molecule has 1 atom stereocenters. The third kappa shape index (κ3) is 3.18. The van der Waals surface area contributed by atoms with Gasteiger partial charge in [-0.15, -0.1) is 0 Å². The van der Waals surface area contributed by atoms with Crippen LogP contribution >= 0.6 is 11.6 Å². The third-order valence-electron chi connectivity index (χ3n) is 3.28. The molecule has 1 unspecified atom stereocenters. The van der Waals surface area contributed by atoms with Crippen LogP contribution in [-0.4, -0.2) is 18.8 Å². The van der Waals surface area contributed by atoms with E-state index in [2.05, 4.69) is 0 Å². The van der Waals surface area contributed by atoms with Crippen molar-refractivity contribution in [2.45, 2.75) is 31.2 Å². The molecule has 1 aromatic rings. The van der Waals surface area contributed by atoms with E-state index < -0.39 is 0 Å². The maximum absolute atomic E-state index is 13.8. The molecular formula is C13H17ClFNO. The number of benzene rings is 1. The molecule has 1 fully saturated rings. The number of hydrogen-bond donors (Lipinski definition) is 1. The van der Waals surface area contributed by atoms with E-state index in [-0.39, 0.29) is 16.4 Å². The van der Waals surface area contributed by atoms with Crippen molar-refractivity contribution >= 4 is 11.6 Å². The Morgan fingerprint density at radius 1 is 1.35 bits per heavy atom. The van der Waals surface area contributed by atoms with E-state index in [0.717, 1.165) is 25.9 Å². The van der Waals surface area contributed by atoms with Gasteiger partial charge in [0.2, 0.25) is 0 Å². The Hall–Kier alpha value is -0.640. The Labute approximate surface area is 106 Å². The highest BCUT2D eigenvalue weighted by Gasteiger charge is 2.28. The van der Waals surface area contributed by atoms with Gasteiger partial charge in [-0.2, -0.15) is 0 Å². The minimum atomic E-state index is -0.373. The summed E-state index contributed by atoms with van der Waals surface area (Å²) in [5, 5.41) is 0.163. The monoisotopic (exact) mass is 257 g/mol. The lowest BCUT2D eigenvalue weighted by Crippen LogP contribution is -2.42. The molecule has 17 heavy (non-hydrogen) atoms. The minimum Gasteiger partial charge on any atom is -0.381 e. The summed E-state index contributed by atoms with van der Waals surface area (Å²) in [5.74, 6) is -0.343. The number of nitrogens with two attached hydrogens (primary N) is 1. The van der Waals surface area contributed by atoms with Crippen LogP contribution in [0.3, 0.4) is 0 Å². The number of rotatable bonds is 2. The van der Waals surface area contributed by atoms with Gasteiger partial charge in [-0.1, -0.05) is 23.7 Å². The molecule has 2 rings (SSSR count). The summed E-state index contributed by atoms with van der Waals surface area (Å²) in [6, 6.07) is 5.07. The van der Waals surface area contributed by atoms with Crippen molar-refractivity contribution in [3.63, 3.8) is 0 Å². The molecule has 0 aromatic heterocycles. The average Bonchev–Trinajstić information content (AvgIpc) is 2.50. The van der Waals surface area contributed by atoms with Gasteiger partial charge in [0.05, 0.1) is 5.02 Å². The first-order chi connectivity index (χ1) is 8.11. The molecular weight excluding hydrogens is 241 g/mol. The summed E-state index contributed by atoms with van der Waals surface area (Å²) in [6.45, 7) is 1.40. The molecule has 0 aliphatic carbocycles. The third-order valence-corrected chi connectivity index (χ3v) is 3.57. The summed E-state index contributed by atoms with van der Waals surface area (Å²) in [6.07, 6.45) is 3.07. The largest absolute Gasteiger partial charge is 0.381 e. The van der Waals surface area contributed by atoms with Crippen LogP contribution < -0.4 is 5.73 Å². The lowest BCUT2D eigenvalue weighted by atomic mass is 9.85. The molecule has 0 radical (unpaired) electrons. The molecule has 94 valence electrons. The molecule has 0 bridgehead atoms. The Kier molecular flexibility index (Phi) is 4.02. The van der Waals surface area contributed by atoms with E-state index in [1.807, 2.05) is 0 Å². The predicted molar refractivity (Wildman–Crippen MR) is 66.7 cm³/mol. The van der Waals surface area contributed by atoms with Crippen molar-refractivity contribution in [1.29, 1.82) is 0 Å². The van der Waals surface area contributed by atoms with Crippen molar-refractivity contribution in [2.24, 2.45) is 5.73 Å². The zero-order valence-corrected chi connectivity index (χ0v) is 10.5. The van der Waals surface area contributed by atoms with Crippen molar-refractivity contribution in [3.05, 3.63) is 34.6 Å². The van der Waals surface area contributed by atoms with Gasteiger partial charge in [0.15, 0.2) is 0 Å². The van der Waals surface area contributed by atoms with Crippen LogP contribution in [-0.2, 0) is 11.2 Å². The van der Waals surface area contributed by atoms with Crippen LogP contribution in [0.25, 0.3) is 0 Å². The average molecular weight is 258 g/mol. The topological polar surface area (TPSA) is 35.2 Å². The molecule has 1 heterocycles. The normalized spacial score (nSPS) is 25.6. The Morgan fingerprint density at radius 3 is 3.00 bits per heavy atom. The predicted octanol–water partition coefficient (Wildman–Crippen LogP) is 2.92. The van der Waals surface area contributed by atoms with E-state index in [1.165, 1.54) is 0 Å². The van der Waals surface area contributed by atoms with Crippen LogP contribution in [0.15, 0.2) is 18.2 Å². The minimum absolute atomic E-state index is 0.163. The number of hydrogen-bond acceptors (Lipinski definition) is 2. The van der Waals surface area contributed by atoms with Gasteiger partial charge in [0.1, 0.15) is 5.82 Å². The molecule has 2 nitrogen and oxygen atoms in total. The molecule has 0 saturated carbocycles. The molecule has 0 spiro atoms. The number of ether oxygens (including phenoxy) is 1. The summed E-state index contributed by atoms with van der Waals surface area (Å²) in [4.78, 5) is 0. The van der Waals surface area contributed by atoms with Gasteiger partial charge in [-0.25, -0.2) is 4.39 Å². The van der Waals surface area contributed by atoms with Gasteiger partial charge in [0.25, 0.3) is 0 Å². The van der Waals surface area contributed by atoms with Gasteiger partial charge >= 0.3 is 0 Å². The maximum atomic E-state index is 13.8. The molecule has 0 amide bonds. The fourth-order valence-corrected chi connectivity index (χ4v) is 2.46. The lowest BCUT2D eigenvalue weighted by molar-refractivity contribution is 0.139. The maximum Gasteiger partial charge on any atom is 0.145 e. The van der Waals surface area contributed by atoms with Crippen molar-refractivity contribution < 1.29 is 9.13 Å².